The summed E-state index contributed by atoms with van der Waals surface area (Å²) in [5.41, 5.74) is 2.26. The number of aliphatic imine (C=N–C) groups is 1. The Hall–Kier alpha value is -1.73. The Bertz CT molecular complexity index is 842. The average Bonchev–Trinajstić information content (AvgIpc) is 3.26. The fourth-order valence-electron chi connectivity index (χ4n) is 3.58. The van der Waals surface area contributed by atoms with Crippen molar-refractivity contribution in [1.29, 1.82) is 0 Å². The predicted molar refractivity (Wildman–Crippen MR) is 136 cm³/mol. The number of nitrogens with zero attached hydrogens (tertiary/aromatic N) is 7. The van der Waals surface area contributed by atoms with E-state index in [0.717, 1.165) is 88.6 Å². The Kier molecular flexibility index (Phi) is 11.4. The van der Waals surface area contributed by atoms with Crippen LogP contribution < -0.4 is 10.6 Å². The number of hydrogen-bond acceptors (Lipinski definition) is 6. The van der Waals surface area contributed by atoms with E-state index in [1.807, 2.05) is 25.5 Å². The molecular weight excluding hydrogens is 521 g/mol. The zero-order chi connectivity index (χ0) is 22.1. The van der Waals surface area contributed by atoms with Crippen molar-refractivity contribution in [3.63, 3.8) is 0 Å². The quantitative estimate of drug-likeness (QED) is 0.197. The number of aryl methyl sites for hydroxylation is 4. The molecule has 0 saturated carbocycles. The minimum Gasteiger partial charge on any atom is -0.379 e. The van der Waals surface area contributed by atoms with Gasteiger partial charge in [0.15, 0.2) is 11.8 Å². The Balaban J connectivity index is 0.00000363. The number of nitrogens with one attached hydrogen (secondary N) is 2. The van der Waals surface area contributed by atoms with E-state index in [1.54, 1.807) is 0 Å². The molecular formula is C21H38IN9O. The zero-order valence-corrected chi connectivity index (χ0v) is 22.1. The van der Waals surface area contributed by atoms with Crippen LogP contribution in [0.2, 0.25) is 0 Å². The van der Waals surface area contributed by atoms with Gasteiger partial charge in [-0.1, -0.05) is 0 Å². The molecule has 0 radical (unpaired) electrons. The van der Waals surface area contributed by atoms with E-state index in [0.29, 0.717) is 6.54 Å². The van der Waals surface area contributed by atoms with E-state index in [-0.39, 0.29) is 24.0 Å². The summed E-state index contributed by atoms with van der Waals surface area (Å²) in [6.45, 7) is 14.0. The number of rotatable bonds is 10. The van der Waals surface area contributed by atoms with E-state index in [4.69, 9.17) is 9.73 Å². The summed E-state index contributed by atoms with van der Waals surface area (Å²) in [6, 6.07) is 2.11. The summed E-state index contributed by atoms with van der Waals surface area (Å²) >= 11 is 0. The van der Waals surface area contributed by atoms with Crippen LogP contribution >= 0.6 is 24.0 Å². The molecule has 2 aromatic rings. The summed E-state index contributed by atoms with van der Waals surface area (Å²) in [5, 5.41) is 19.8. The van der Waals surface area contributed by atoms with Crippen LogP contribution in [0.3, 0.4) is 0 Å². The molecule has 1 fully saturated rings. The molecule has 0 unspecified atom stereocenters. The van der Waals surface area contributed by atoms with Crippen LogP contribution in [0.15, 0.2) is 11.1 Å². The third kappa shape index (κ3) is 8.32. The summed E-state index contributed by atoms with van der Waals surface area (Å²) < 4.78 is 9.46. The van der Waals surface area contributed by atoms with Gasteiger partial charge in [0.25, 0.3) is 0 Å². The lowest BCUT2D eigenvalue weighted by atomic mass is 10.3. The highest BCUT2D eigenvalue weighted by Crippen LogP contribution is 2.03. The van der Waals surface area contributed by atoms with Crippen molar-refractivity contribution in [1.82, 2.24) is 40.1 Å². The van der Waals surface area contributed by atoms with Crippen molar-refractivity contribution in [2.45, 2.75) is 46.7 Å². The smallest absolute Gasteiger partial charge is 0.191 e. The van der Waals surface area contributed by atoms with Crippen LogP contribution in [0.5, 0.6) is 0 Å². The highest BCUT2D eigenvalue weighted by Gasteiger charge is 2.10. The van der Waals surface area contributed by atoms with Crippen molar-refractivity contribution in [3.05, 3.63) is 29.1 Å². The second-order valence-corrected chi connectivity index (χ2v) is 8.05. The summed E-state index contributed by atoms with van der Waals surface area (Å²) in [4.78, 5) is 7.18. The standard InChI is InChI=1S/C21H37N9O.HI/c1-17-15-18(2)30(27-17)10-6-8-23-21(24-16-20-26-25-19(3)28(20)4)22-7-5-9-29-11-13-31-14-12-29;/h15H,5-14,16H2,1-4H3,(H2,22,23,24);1H. The average molecular weight is 560 g/mol. The van der Waals surface area contributed by atoms with Crippen LogP contribution in [0.1, 0.15) is 35.9 Å². The fourth-order valence-corrected chi connectivity index (χ4v) is 3.58. The molecule has 3 rings (SSSR count). The minimum atomic E-state index is 0. The van der Waals surface area contributed by atoms with Gasteiger partial charge in [-0.25, -0.2) is 4.99 Å². The van der Waals surface area contributed by atoms with Gasteiger partial charge in [0.2, 0.25) is 0 Å². The van der Waals surface area contributed by atoms with E-state index in [9.17, 15) is 0 Å². The number of hydrogen-bond donors (Lipinski definition) is 2. The fraction of sp³-hybridized carbons (Fsp3) is 0.714. The number of morpholine rings is 1. The molecule has 0 bridgehead atoms. The molecule has 0 spiro atoms. The highest BCUT2D eigenvalue weighted by molar-refractivity contribution is 14.0. The molecule has 180 valence electrons. The molecule has 11 heteroatoms. The Morgan fingerprint density at radius 3 is 2.34 bits per heavy atom. The number of halogens is 1. The number of ether oxygens (including phenoxy) is 1. The Morgan fingerprint density at radius 1 is 1.06 bits per heavy atom. The van der Waals surface area contributed by atoms with Crippen LogP contribution in [-0.4, -0.2) is 81.3 Å². The molecule has 3 heterocycles. The van der Waals surface area contributed by atoms with Gasteiger partial charge in [0.05, 0.1) is 18.9 Å². The second kappa shape index (κ2) is 13.7. The largest absolute Gasteiger partial charge is 0.379 e. The highest BCUT2D eigenvalue weighted by atomic mass is 127. The molecule has 2 N–H and O–H groups in total. The third-order valence-electron chi connectivity index (χ3n) is 5.55. The van der Waals surface area contributed by atoms with Gasteiger partial charge in [-0.15, -0.1) is 34.2 Å². The zero-order valence-electron chi connectivity index (χ0n) is 19.8. The van der Waals surface area contributed by atoms with Crippen LogP contribution in [-0.2, 0) is 24.9 Å². The van der Waals surface area contributed by atoms with Gasteiger partial charge in [-0.2, -0.15) is 5.10 Å². The molecule has 0 atom stereocenters. The maximum Gasteiger partial charge on any atom is 0.191 e. The van der Waals surface area contributed by atoms with Gasteiger partial charge >= 0.3 is 0 Å². The van der Waals surface area contributed by atoms with Crippen LogP contribution in [0.25, 0.3) is 0 Å². The van der Waals surface area contributed by atoms with Gasteiger partial charge in [-0.3, -0.25) is 9.58 Å². The molecule has 1 aliphatic heterocycles. The lowest BCUT2D eigenvalue weighted by molar-refractivity contribution is 0.0376. The van der Waals surface area contributed by atoms with Gasteiger partial charge in [0, 0.05) is 45.5 Å². The van der Waals surface area contributed by atoms with Crippen molar-refractivity contribution in [2.75, 3.05) is 45.9 Å². The number of guanidine groups is 1. The van der Waals surface area contributed by atoms with Crippen molar-refractivity contribution in [3.8, 4) is 0 Å². The van der Waals surface area contributed by atoms with E-state index < -0.39 is 0 Å². The predicted octanol–water partition coefficient (Wildman–Crippen LogP) is 1.40. The molecule has 1 saturated heterocycles. The third-order valence-corrected chi connectivity index (χ3v) is 5.55. The normalized spacial score (nSPS) is 14.9. The van der Waals surface area contributed by atoms with E-state index in [2.05, 4.69) is 48.5 Å². The van der Waals surface area contributed by atoms with Gasteiger partial charge in [-0.05, 0) is 46.2 Å². The molecule has 0 amide bonds. The maximum atomic E-state index is 5.42. The second-order valence-electron chi connectivity index (χ2n) is 8.05. The number of aromatic nitrogens is 5. The Labute approximate surface area is 208 Å². The lowest BCUT2D eigenvalue weighted by Crippen LogP contribution is -2.41. The molecule has 1 aliphatic rings. The van der Waals surface area contributed by atoms with Gasteiger partial charge < -0.3 is 19.9 Å². The molecule has 2 aromatic heterocycles. The Morgan fingerprint density at radius 2 is 1.75 bits per heavy atom. The molecule has 10 nitrogen and oxygen atoms in total. The first-order chi connectivity index (χ1) is 15.0. The summed E-state index contributed by atoms with van der Waals surface area (Å²) in [7, 11) is 1.97. The maximum absolute atomic E-state index is 5.42. The first-order valence-corrected chi connectivity index (χ1v) is 11.2. The van der Waals surface area contributed by atoms with Crippen LogP contribution in [0, 0.1) is 20.8 Å². The van der Waals surface area contributed by atoms with Crippen molar-refractivity contribution >= 4 is 29.9 Å². The first-order valence-electron chi connectivity index (χ1n) is 11.2. The topological polar surface area (TPSA) is 97.4 Å². The molecule has 0 aliphatic carbocycles. The SMILES string of the molecule is Cc1cc(C)n(CCCNC(=NCc2nnc(C)n2C)NCCCN2CCOCC2)n1.I. The lowest BCUT2D eigenvalue weighted by Gasteiger charge is -2.26. The first kappa shape index (κ1) is 26.5. The molecule has 32 heavy (non-hydrogen) atoms. The van der Waals surface area contributed by atoms with Crippen LogP contribution in [0.4, 0.5) is 0 Å². The summed E-state index contributed by atoms with van der Waals surface area (Å²) in [5.74, 6) is 2.56. The van der Waals surface area contributed by atoms with Gasteiger partial charge in [0.1, 0.15) is 12.4 Å². The van der Waals surface area contributed by atoms with E-state index >= 15 is 0 Å². The minimum absolute atomic E-state index is 0. The summed E-state index contributed by atoms with van der Waals surface area (Å²) in [6.07, 6.45) is 2.04. The monoisotopic (exact) mass is 559 g/mol. The van der Waals surface area contributed by atoms with Crippen molar-refractivity contribution < 1.29 is 4.74 Å². The van der Waals surface area contributed by atoms with Crippen molar-refractivity contribution in [2.24, 2.45) is 12.0 Å². The molecule has 0 aromatic carbocycles. The van der Waals surface area contributed by atoms with E-state index in [1.165, 1.54) is 5.69 Å².